The van der Waals surface area contributed by atoms with Crippen LogP contribution in [0.4, 0.5) is 5.82 Å². The monoisotopic (exact) mass is 268 g/mol. The molecule has 2 heterocycles. The van der Waals surface area contributed by atoms with E-state index in [1.54, 1.807) is 0 Å². The number of aromatic amines is 1. The van der Waals surface area contributed by atoms with Crippen LogP contribution < -0.4 is 5.73 Å². The van der Waals surface area contributed by atoms with Gasteiger partial charge >= 0.3 is 0 Å². The molecule has 6 rings (SSSR count). The minimum absolute atomic E-state index is 0.556. The Balaban J connectivity index is 1.57. The number of aromatic nitrogens is 3. The van der Waals surface area contributed by atoms with Crippen molar-refractivity contribution < 1.29 is 0 Å². The average molecular weight is 268 g/mol. The molecule has 0 atom stereocenters. The number of nitrogen functional groups attached to an aromatic ring is 1. The third-order valence-corrected chi connectivity index (χ3v) is 5.93. The van der Waals surface area contributed by atoms with Crippen molar-refractivity contribution in [2.45, 2.75) is 38.0 Å². The first-order chi connectivity index (χ1) is 9.76. The highest BCUT2D eigenvalue weighted by atomic mass is 15.0. The van der Waals surface area contributed by atoms with Gasteiger partial charge in [0.25, 0.3) is 0 Å². The van der Waals surface area contributed by atoms with Crippen molar-refractivity contribution in [3.05, 3.63) is 18.0 Å². The summed E-state index contributed by atoms with van der Waals surface area (Å²) in [6, 6.07) is 3.85. The third-order valence-electron chi connectivity index (χ3n) is 5.93. The number of nitrogens with zero attached hydrogens (tertiary/aromatic N) is 2. The molecule has 4 bridgehead atoms. The molecule has 0 amide bonds. The number of imidazole rings is 1. The number of pyridine rings is 1. The highest BCUT2D eigenvalue weighted by Gasteiger charge is 2.49. The summed E-state index contributed by atoms with van der Waals surface area (Å²) in [4.78, 5) is 12.6. The summed E-state index contributed by atoms with van der Waals surface area (Å²) >= 11 is 0. The normalized spacial score (nSPS) is 38.7. The summed E-state index contributed by atoms with van der Waals surface area (Å²) in [5, 5.41) is 0. The molecular weight excluding hydrogens is 248 g/mol. The van der Waals surface area contributed by atoms with Crippen molar-refractivity contribution in [1.82, 2.24) is 15.0 Å². The Morgan fingerprint density at radius 2 is 1.65 bits per heavy atom. The summed E-state index contributed by atoms with van der Waals surface area (Å²) in [5.74, 6) is 6.08. The van der Waals surface area contributed by atoms with E-state index in [-0.39, 0.29) is 0 Å². The Morgan fingerprint density at radius 1 is 0.950 bits per heavy atom. The van der Waals surface area contributed by atoms with Crippen molar-refractivity contribution in [1.29, 1.82) is 0 Å². The Hall–Kier alpha value is -1.58. The Bertz CT molecular complexity index is 646. The highest BCUT2D eigenvalue weighted by molar-refractivity contribution is 5.72. The first-order valence-electron chi connectivity index (χ1n) is 7.88. The molecule has 4 heteroatoms. The van der Waals surface area contributed by atoms with Gasteiger partial charge in [0.2, 0.25) is 0 Å². The molecule has 0 aliphatic heterocycles. The fraction of sp³-hybridized carbons (Fsp3) is 0.625. The standard InChI is InChI=1S/C16H20N4/c17-13-2-1-12-15(19-13)20-16(18-12)14-10-4-8-3-9(6-10)7-11(14)5-8/h1-2,8-11,14H,3-7H2,(H3,17,18,19,20). The molecule has 4 nitrogen and oxygen atoms in total. The number of fused-ring (bicyclic) bond motifs is 1. The van der Waals surface area contributed by atoms with Crippen LogP contribution in [0.1, 0.15) is 43.8 Å². The molecule has 20 heavy (non-hydrogen) atoms. The van der Waals surface area contributed by atoms with Gasteiger partial charge in [0.15, 0.2) is 5.65 Å². The van der Waals surface area contributed by atoms with Crippen LogP contribution in [-0.4, -0.2) is 15.0 Å². The number of hydrogen-bond donors (Lipinski definition) is 2. The lowest BCUT2D eigenvalue weighted by Crippen LogP contribution is -2.44. The molecule has 0 spiro atoms. The van der Waals surface area contributed by atoms with Crippen LogP contribution >= 0.6 is 0 Å². The summed E-state index contributed by atoms with van der Waals surface area (Å²) in [6.07, 6.45) is 7.18. The summed E-state index contributed by atoms with van der Waals surface area (Å²) in [5.41, 5.74) is 7.58. The molecule has 2 aromatic rings. The number of nitrogens with one attached hydrogen (secondary N) is 1. The van der Waals surface area contributed by atoms with Crippen molar-refractivity contribution in [2.24, 2.45) is 23.7 Å². The van der Waals surface area contributed by atoms with Crippen LogP contribution in [0.15, 0.2) is 12.1 Å². The van der Waals surface area contributed by atoms with Crippen molar-refractivity contribution in [3.8, 4) is 0 Å². The first-order valence-corrected chi connectivity index (χ1v) is 7.88. The molecule has 4 aliphatic carbocycles. The first kappa shape index (κ1) is 11.1. The van der Waals surface area contributed by atoms with E-state index in [4.69, 9.17) is 10.7 Å². The largest absolute Gasteiger partial charge is 0.384 e. The minimum atomic E-state index is 0.556. The van der Waals surface area contributed by atoms with Gasteiger partial charge in [0, 0.05) is 5.92 Å². The van der Waals surface area contributed by atoms with Gasteiger partial charge in [0.05, 0.1) is 5.52 Å². The molecule has 3 N–H and O–H groups in total. The quantitative estimate of drug-likeness (QED) is 0.835. The molecule has 4 fully saturated rings. The lowest BCUT2D eigenvalue weighted by Gasteiger charge is -2.53. The predicted molar refractivity (Wildman–Crippen MR) is 78.1 cm³/mol. The van der Waals surface area contributed by atoms with E-state index in [1.807, 2.05) is 12.1 Å². The number of anilines is 1. The second-order valence-electron chi connectivity index (χ2n) is 7.19. The fourth-order valence-electron chi connectivity index (χ4n) is 5.46. The Kier molecular flexibility index (Phi) is 2.08. The molecule has 4 saturated carbocycles. The molecule has 2 aromatic heterocycles. The van der Waals surface area contributed by atoms with Gasteiger partial charge in [-0.25, -0.2) is 9.97 Å². The van der Waals surface area contributed by atoms with Gasteiger partial charge in [-0.1, -0.05) is 0 Å². The third kappa shape index (κ3) is 1.48. The van der Waals surface area contributed by atoms with Crippen molar-refractivity contribution in [2.75, 3.05) is 5.73 Å². The molecule has 0 saturated heterocycles. The fourth-order valence-corrected chi connectivity index (χ4v) is 5.46. The van der Waals surface area contributed by atoms with Gasteiger partial charge < -0.3 is 10.7 Å². The van der Waals surface area contributed by atoms with Gasteiger partial charge in [-0.3, -0.25) is 0 Å². The van der Waals surface area contributed by atoms with E-state index in [0.717, 1.165) is 34.8 Å². The molecule has 0 aromatic carbocycles. The van der Waals surface area contributed by atoms with E-state index in [9.17, 15) is 0 Å². The minimum Gasteiger partial charge on any atom is -0.384 e. The maximum Gasteiger partial charge on any atom is 0.179 e. The molecule has 0 unspecified atom stereocenters. The highest BCUT2D eigenvalue weighted by Crippen LogP contribution is 2.59. The number of nitrogens with two attached hydrogens (primary N) is 1. The van der Waals surface area contributed by atoms with Crippen molar-refractivity contribution in [3.63, 3.8) is 0 Å². The molecule has 104 valence electrons. The zero-order chi connectivity index (χ0) is 13.3. The molecule has 4 aliphatic rings. The Labute approximate surface area is 118 Å². The average Bonchev–Trinajstić information content (AvgIpc) is 2.79. The van der Waals surface area contributed by atoms with Crippen LogP contribution in [-0.2, 0) is 0 Å². The van der Waals surface area contributed by atoms with Crippen LogP contribution in [0, 0.1) is 23.7 Å². The smallest absolute Gasteiger partial charge is 0.179 e. The maximum absolute atomic E-state index is 5.76. The summed E-state index contributed by atoms with van der Waals surface area (Å²) in [6.45, 7) is 0. The predicted octanol–water partition coefficient (Wildman–Crippen LogP) is 3.08. The zero-order valence-electron chi connectivity index (χ0n) is 11.5. The molecular formula is C16H20N4. The van der Waals surface area contributed by atoms with Crippen LogP contribution in [0.3, 0.4) is 0 Å². The van der Waals surface area contributed by atoms with E-state index >= 15 is 0 Å². The number of rotatable bonds is 1. The van der Waals surface area contributed by atoms with Crippen LogP contribution in [0.2, 0.25) is 0 Å². The van der Waals surface area contributed by atoms with Gasteiger partial charge in [-0.05, 0) is 67.9 Å². The van der Waals surface area contributed by atoms with Gasteiger partial charge in [0.1, 0.15) is 11.6 Å². The van der Waals surface area contributed by atoms with E-state index in [0.29, 0.717) is 11.7 Å². The molecule has 0 radical (unpaired) electrons. The van der Waals surface area contributed by atoms with E-state index in [1.165, 1.54) is 37.9 Å². The lowest BCUT2D eigenvalue weighted by atomic mass is 9.52. The second kappa shape index (κ2) is 3.74. The van der Waals surface area contributed by atoms with Crippen LogP contribution in [0.25, 0.3) is 11.2 Å². The lowest BCUT2D eigenvalue weighted by molar-refractivity contribution is -0.00529. The second-order valence-corrected chi connectivity index (χ2v) is 7.19. The number of H-pyrrole nitrogens is 1. The van der Waals surface area contributed by atoms with Crippen LogP contribution in [0.5, 0.6) is 0 Å². The topological polar surface area (TPSA) is 67.6 Å². The maximum atomic E-state index is 5.76. The van der Waals surface area contributed by atoms with Gasteiger partial charge in [-0.2, -0.15) is 0 Å². The number of hydrogen-bond acceptors (Lipinski definition) is 3. The summed E-state index contributed by atoms with van der Waals surface area (Å²) in [7, 11) is 0. The van der Waals surface area contributed by atoms with E-state index < -0.39 is 0 Å². The Morgan fingerprint density at radius 3 is 2.35 bits per heavy atom. The van der Waals surface area contributed by atoms with E-state index in [2.05, 4.69) is 9.97 Å². The van der Waals surface area contributed by atoms with Gasteiger partial charge in [-0.15, -0.1) is 0 Å². The summed E-state index contributed by atoms with van der Waals surface area (Å²) < 4.78 is 0. The zero-order valence-corrected chi connectivity index (χ0v) is 11.5. The SMILES string of the molecule is Nc1ccc2[nH]c(C3C4CC5CC(C4)CC3C5)nc2n1. The van der Waals surface area contributed by atoms with Crippen molar-refractivity contribution >= 4 is 17.0 Å².